The molecule has 0 bridgehead atoms. The van der Waals surface area contributed by atoms with Crippen LogP contribution in [0.5, 0.6) is 5.75 Å². The molecule has 1 aromatic rings. The number of rotatable bonds is 5. The van der Waals surface area contributed by atoms with Crippen molar-refractivity contribution in [2.24, 2.45) is 0 Å². The summed E-state index contributed by atoms with van der Waals surface area (Å²) < 4.78 is 5.11. The van der Waals surface area contributed by atoms with Crippen LogP contribution in [0.3, 0.4) is 0 Å². The Bertz CT molecular complexity index is 324. The molecule has 0 radical (unpaired) electrons. The van der Waals surface area contributed by atoms with Gasteiger partial charge in [-0.2, -0.15) is 0 Å². The maximum Gasteiger partial charge on any atom is 0.119 e. The van der Waals surface area contributed by atoms with E-state index in [4.69, 9.17) is 4.74 Å². The highest BCUT2D eigenvalue weighted by Crippen LogP contribution is 2.12. The number of quaternary nitrogens is 1. The smallest absolute Gasteiger partial charge is 0.119 e. The molecule has 96 valence electrons. The lowest BCUT2D eigenvalue weighted by atomic mass is 10.2. The number of carboxylic acids is 1. The van der Waals surface area contributed by atoms with Crippen molar-refractivity contribution in [3.8, 4) is 5.75 Å². The quantitative estimate of drug-likeness (QED) is 0.789. The first-order chi connectivity index (χ1) is 8.15. The Morgan fingerprint density at radius 1 is 1.29 bits per heavy atom. The lowest BCUT2D eigenvalue weighted by Gasteiger charge is -2.05. The Labute approximate surface area is 103 Å². The van der Waals surface area contributed by atoms with Gasteiger partial charge in [-0.25, -0.2) is 0 Å². The van der Waals surface area contributed by atoms with E-state index in [1.807, 2.05) is 6.92 Å². The fraction of sp³-hybridized carbons (Fsp3) is 0.462. The van der Waals surface area contributed by atoms with Gasteiger partial charge in [0, 0.05) is 5.56 Å². The summed E-state index contributed by atoms with van der Waals surface area (Å²) in [5, 5.41) is 12.6. The molecule has 0 amide bonds. The highest BCUT2D eigenvalue weighted by atomic mass is 16.5. The normalized spacial score (nSPS) is 9.12. The minimum atomic E-state index is -1.18. The molecule has 0 heterocycles. The molecule has 1 aromatic carbocycles. The van der Waals surface area contributed by atoms with E-state index < -0.39 is 5.97 Å². The van der Waals surface area contributed by atoms with Crippen LogP contribution in [0.15, 0.2) is 24.3 Å². The molecule has 0 fully saturated rings. The Morgan fingerprint density at radius 2 is 1.94 bits per heavy atom. The van der Waals surface area contributed by atoms with Crippen molar-refractivity contribution in [2.45, 2.75) is 20.8 Å². The molecule has 4 heteroatoms. The van der Waals surface area contributed by atoms with Crippen LogP contribution >= 0.6 is 0 Å². The minimum absolute atomic E-state index is 0.140. The van der Waals surface area contributed by atoms with Crippen LogP contribution < -0.4 is 15.2 Å². The van der Waals surface area contributed by atoms with Crippen LogP contribution in [0.1, 0.15) is 31.1 Å². The molecule has 4 nitrogen and oxygen atoms in total. The van der Waals surface area contributed by atoms with Crippen molar-refractivity contribution >= 4 is 5.97 Å². The maximum atomic E-state index is 10.4. The Hall–Kier alpha value is -1.55. The van der Waals surface area contributed by atoms with Gasteiger partial charge in [0.25, 0.3) is 0 Å². The highest BCUT2D eigenvalue weighted by molar-refractivity contribution is 5.86. The first-order valence-electron chi connectivity index (χ1n) is 5.91. The van der Waals surface area contributed by atoms with E-state index in [0.29, 0.717) is 12.4 Å². The van der Waals surface area contributed by atoms with Gasteiger partial charge in [-0.05, 0) is 32.9 Å². The van der Waals surface area contributed by atoms with Gasteiger partial charge in [-0.15, -0.1) is 0 Å². The zero-order valence-electron chi connectivity index (χ0n) is 10.7. The van der Waals surface area contributed by atoms with Crippen LogP contribution in [0.25, 0.3) is 0 Å². The van der Waals surface area contributed by atoms with Crippen molar-refractivity contribution in [1.29, 1.82) is 0 Å². The van der Waals surface area contributed by atoms with Crippen molar-refractivity contribution in [3.63, 3.8) is 0 Å². The van der Waals surface area contributed by atoms with E-state index in [-0.39, 0.29) is 5.56 Å². The fourth-order valence-electron chi connectivity index (χ4n) is 1.17. The van der Waals surface area contributed by atoms with Crippen LogP contribution in [0.2, 0.25) is 0 Å². The van der Waals surface area contributed by atoms with E-state index in [1.165, 1.54) is 25.2 Å². The molecule has 1 rings (SSSR count). The summed E-state index contributed by atoms with van der Waals surface area (Å²) in [6, 6.07) is 6.24. The molecule has 0 spiro atoms. The standard InChI is InChI=1S/C9H10O3.C4H11N/c1-2-12-8-5-3-4-7(6-8)9(10)11;1-3-5-4-2/h3-6H,2H2,1H3,(H,10,11);5H,3-4H2,1-2H3. The topological polar surface area (TPSA) is 66.0 Å². The average Bonchev–Trinajstić information content (AvgIpc) is 2.32. The first-order valence-corrected chi connectivity index (χ1v) is 5.91. The predicted octanol–water partition coefficient (Wildman–Crippen LogP) is 0.0384. The number of nitrogens with two attached hydrogens (primary N) is 1. The zero-order valence-corrected chi connectivity index (χ0v) is 10.7. The monoisotopic (exact) mass is 239 g/mol. The van der Waals surface area contributed by atoms with E-state index in [1.54, 1.807) is 12.1 Å². The summed E-state index contributed by atoms with van der Waals surface area (Å²) in [5.41, 5.74) is 0.140. The molecule has 2 N–H and O–H groups in total. The molecule has 0 aliphatic rings. The van der Waals surface area contributed by atoms with Gasteiger partial charge in [0.2, 0.25) is 0 Å². The lowest BCUT2D eigenvalue weighted by molar-refractivity contribution is -0.648. The molecule has 0 atom stereocenters. The van der Waals surface area contributed by atoms with Crippen LogP contribution in [-0.4, -0.2) is 25.7 Å². The second kappa shape index (κ2) is 9.66. The van der Waals surface area contributed by atoms with E-state index >= 15 is 0 Å². The highest BCUT2D eigenvalue weighted by Gasteiger charge is 1.95. The fourth-order valence-corrected chi connectivity index (χ4v) is 1.17. The van der Waals surface area contributed by atoms with Gasteiger partial charge in [-0.1, -0.05) is 12.1 Å². The van der Waals surface area contributed by atoms with Gasteiger partial charge in [0.05, 0.1) is 25.7 Å². The average molecular weight is 239 g/mol. The van der Waals surface area contributed by atoms with Crippen molar-refractivity contribution in [2.75, 3.05) is 19.7 Å². The first kappa shape index (κ1) is 15.4. The Balaban J connectivity index is 0.000000437. The molecule has 0 aliphatic heterocycles. The van der Waals surface area contributed by atoms with Gasteiger partial charge in [-0.3, -0.25) is 0 Å². The Morgan fingerprint density at radius 3 is 2.35 bits per heavy atom. The second-order valence-electron chi connectivity index (χ2n) is 3.35. The molecular formula is C13H21NO3. The zero-order chi connectivity index (χ0) is 13.1. The number of carbonyl (C=O) groups excluding carboxylic acids is 1. The minimum Gasteiger partial charge on any atom is -0.545 e. The van der Waals surface area contributed by atoms with Crippen LogP contribution in [0, 0.1) is 0 Å². The number of hydrogen-bond donors (Lipinski definition) is 1. The Kier molecular flexibility index (Phi) is 8.78. The van der Waals surface area contributed by atoms with Gasteiger partial charge >= 0.3 is 0 Å². The third kappa shape index (κ3) is 7.36. The van der Waals surface area contributed by atoms with Crippen molar-refractivity contribution < 1.29 is 20.0 Å². The largest absolute Gasteiger partial charge is 0.545 e. The molecule has 0 aliphatic carbocycles. The number of ether oxygens (including phenoxy) is 1. The summed E-state index contributed by atoms with van der Waals surface area (Å²) in [7, 11) is 0. The van der Waals surface area contributed by atoms with Crippen molar-refractivity contribution in [1.82, 2.24) is 0 Å². The number of hydrogen-bond acceptors (Lipinski definition) is 3. The molecule has 0 saturated heterocycles. The van der Waals surface area contributed by atoms with Gasteiger partial charge in [0.15, 0.2) is 0 Å². The SMILES string of the molecule is CCOc1cccc(C(=O)[O-])c1.CC[NH2+]CC. The third-order valence-corrected chi connectivity index (χ3v) is 1.96. The third-order valence-electron chi connectivity index (χ3n) is 1.96. The molecule has 0 saturated carbocycles. The maximum absolute atomic E-state index is 10.4. The van der Waals surface area contributed by atoms with Crippen LogP contribution in [0.4, 0.5) is 0 Å². The predicted molar refractivity (Wildman–Crippen MR) is 64.9 cm³/mol. The van der Waals surface area contributed by atoms with Crippen LogP contribution in [-0.2, 0) is 0 Å². The van der Waals surface area contributed by atoms with Gasteiger partial charge < -0.3 is 20.0 Å². The molecule has 0 aromatic heterocycles. The molecule has 0 unspecified atom stereocenters. The summed E-state index contributed by atoms with van der Waals surface area (Å²) in [4.78, 5) is 10.4. The lowest BCUT2D eigenvalue weighted by Crippen LogP contribution is -2.82. The van der Waals surface area contributed by atoms with Gasteiger partial charge in [0.1, 0.15) is 5.75 Å². The van der Waals surface area contributed by atoms with E-state index in [0.717, 1.165) is 0 Å². The number of carbonyl (C=O) groups is 1. The number of benzene rings is 1. The summed E-state index contributed by atoms with van der Waals surface area (Å²) in [6.45, 7) is 9.11. The van der Waals surface area contributed by atoms with E-state index in [2.05, 4.69) is 19.2 Å². The number of aromatic carboxylic acids is 1. The molecular weight excluding hydrogens is 218 g/mol. The summed E-state index contributed by atoms with van der Waals surface area (Å²) in [5.74, 6) is -0.629. The molecule has 17 heavy (non-hydrogen) atoms. The summed E-state index contributed by atoms with van der Waals surface area (Å²) in [6.07, 6.45) is 0. The van der Waals surface area contributed by atoms with Crippen molar-refractivity contribution in [3.05, 3.63) is 29.8 Å². The van der Waals surface area contributed by atoms with E-state index in [9.17, 15) is 9.90 Å². The second-order valence-corrected chi connectivity index (χ2v) is 3.35. The number of carboxylic acid groups (broad SMARTS) is 1. The summed E-state index contributed by atoms with van der Waals surface area (Å²) >= 11 is 0.